The van der Waals surface area contributed by atoms with Gasteiger partial charge in [0.05, 0.1) is 50.1 Å². The molecule has 334 valence electrons. The summed E-state index contributed by atoms with van der Waals surface area (Å²) in [5.74, 6) is -2.92. The van der Waals surface area contributed by atoms with Gasteiger partial charge in [0.2, 0.25) is 5.91 Å². The first kappa shape index (κ1) is 43.7. The summed E-state index contributed by atoms with van der Waals surface area (Å²) < 4.78 is 43.8. The lowest BCUT2D eigenvalue weighted by atomic mass is 9.79. The third-order valence-electron chi connectivity index (χ3n) is 13.6. The van der Waals surface area contributed by atoms with Crippen molar-refractivity contribution in [1.29, 1.82) is 0 Å². The van der Waals surface area contributed by atoms with Crippen molar-refractivity contribution in [1.82, 2.24) is 35.1 Å². The molecule has 2 aliphatic carbocycles. The predicted molar refractivity (Wildman–Crippen MR) is 232 cm³/mol. The minimum absolute atomic E-state index is 0.0558. The molecule has 4 amide bonds. The lowest BCUT2D eigenvalue weighted by Crippen LogP contribution is -2.51. The second kappa shape index (κ2) is 17.3. The highest BCUT2D eigenvalue weighted by Crippen LogP contribution is 2.64. The van der Waals surface area contributed by atoms with E-state index < -0.39 is 35.6 Å². The molecule has 14 nitrogen and oxygen atoms in total. The predicted octanol–water partition coefficient (Wildman–Crippen LogP) is 8.91. The summed E-state index contributed by atoms with van der Waals surface area (Å²) in [6.07, 6.45) is 7.40. The monoisotopic (exact) mass is 866 g/mol. The maximum Gasteiger partial charge on any atom is 0.433 e. The number of carbonyl (C=O) groups excluding carboxylic acids is 4. The highest BCUT2D eigenvalue weighted by Gasteiger charge is 2.62. The van der Waals surface area contributed by atoms with E-state index in [0.717, 1.165) is 36.9 Å². The number of rotatable bonds is 10. The van der Waals surface area contributed by atoms with Crippen LogP contribution in [0.4, 0.5) is 18.4 Å². The van der Waals surface area contributed by atoms with Crippen LogP contribution in [0.3, 0.4) is 0 Å². The number of alkyl carbamates (subject to hydrolysis) is 1. The van der Waals surface area contributed by atoms with Crippen LogP contribution in [0, 0.1) is 17.3 Å². The molecular formula is C47H56F2N8O6. The number of likely N-dealkylation sites (tertiary alicyclic amines) is 2. The number of carbonyl (C=O) groups is 4. The topological polar surface area (TPSA) is 175 Å². The van der Waals surface area contributed by atoms with Crippen molar-refractivity contribution < 1.29 is 37.4 Å². The Kier molecular flexibility index (Phi) is 12.0. The molecular weight excluding hydrogens is 811 g/mol. The number of aromatic amines is 2. The van der Waals surface area contributed by atoms with Gasteiger partial charge in [-0.3, -0.25) is 9.59 Å². The number of hydrogen-bond acceptors (Lipinski definition) is 8. The second-order valence-corrected chi connectivity index (χ2v) is 18.0. The first-order valence-electron chi connectivity index (χ1n) is 22.1. The molecule has 3 unspecified atom stereocenters. The summed E-state index contributed by atoms with van der Waals surface area (Å²) in [4.78, 5) is 75.0. The van der Waals surface area contributed by atoms with Crippen LogP contribution in [0.1, 0.15) is 114 Å². The van der Waals surface area contributed by atoms with Crippen LogP contribution in [0.15, 0.2) is 53.8 Å². The maximum atomic E-state index is 17.2. The van der Waals surface area contributed by atoms with Crippen molar-refractivity contribution in [2.24, 2.45) is 22.2 Å². The molecule has 1 spiro atoms. The number of benzene rings is 2. The first-order chi connectivity index (χ1) is 30.2. The molecule has 3 N–H and O–H groups in total. The summed E-state index contributed by atoms with van der Waals surface area (Å²) in [6, 6.07) is 9.77. The molecule has 1 saturated carbocycles. The van der Waals surface area contributed by atoms with Crippen LogP contribution in [0.2, 0.25) is 0 Å². The van der Waals surface area contributed by atoms with Crippen LogP contribution in [0.5, 0.6) is 0 Å². The van der Waals surface area contributed by atoms with Gasteiger partial charge in [0.1, 0.15) is 23.4 Å². The van der Waals surface area contributed by atoms with Gasteiger partial charge in [0.15, 0.2) is 0 Å². The highest BCUT2D eigenvalue weighted by molar-refractivity contribution is 6.40. The smallest absolute Gasteiger partial charge is 0.433 e. The molecule has 3 fully saturated rings. The Balaban J connectivity index is 1.07. The van der Waals surface area contributed by atoms with E-state index in [1.165, 1.54) is 14.2 Å². The molecule has 63 heavy (non-hydrogen) atoms. The molecule has 2 saturated heterocycles. The average Bonchev–Trinajstić information content (AvgIpc) is 4.13. The van der Waals surface area contributed by atoms with E-state index >= 15 is 8.78 Å². The quantitative estimate of drug-likeness (QED) is 0.133. The molecule has 0 radical (unpaired) electrons. The standard InChI is InChI=1S/C47H56F2N8O6/c1-26(2)38(54-44(60)62-5)42(58)56-21-9-11-35(56)40-50-24-33(52-40)29-15-13-28(14-16-29)30-17-18-31(32-23-46(19-7-8-20-46)47(48,49)37(30)32)34-25-51-41(53-34)36-12-10-22-57(36)43(59)39(27(3)4)55-45(61)63-6/h13-18,24-27,35-36,38H,7-12,19-23H2,1-6H3,(H,50,52)(H,51,53)(H,54,60). The van der Waals surface area contributed by atoms with Gasteiger partial charge in [-0.2, -0.15) is 4.99 Å². The number of aliphatic imine (C=N–C) groups is 1. The number of ether oxygens (including phenoxy) is 2. The average molecular weight is 867 g/mol. The molecule has 0 bridgehead atoms. The van der Waals surface area contributed by atoms with E-state index in [1.54, 1.807) is 42.1 Å². The highest BCUT2D eigenvalue weighted by atomic mass is 19.3. The Morgan fingerprint density at radius 1 is 0.794 bits per heavy atom. The number of hydrogen-bond donors (Lipinski definition) is 3. The van der Waals surface area contributed by atoms with E-state index in [4.69, 9.17) is 14.5 Å². The molecule has 2 aromatic heterocycles. The van der Waals surface area contributed by atoms with Gasteiger partial charge < -0.3 is 34.6 Å². The lowest BCUT2D eigenvalue weighted by Gasteiger charge is -2.31. The van der Waals surface area contributed by atoms with E-state index in [-0.39, 0.29) is 47.4 Å². The fourth-order valence-corrected chi connectivity index (χ4v) is 10.3. The number of nitrogens with zero attached hydrogens (tertiary/aromatic N) is 5. The molecule has 16 heteroatoms. The minimum Gasteiger partial charge on any atom is -0.453 e. The Labute approximate surface area is 365 Å². The van der Waals surface area contributed by atoms with Gasteiger partial charge in [-0.25, -0.2) is 28.3 Å². The lowest BCUT2D eigenvalue weighted by molar-refractivity contribution is -0.135. The maximum absolute atomic E-state index is 17.2. The number of fused-ring (bicyclic) bond motifs is 1. The van der Waals surface area contributed by atoms with Crippen LogP contribution in [-0.4, -0.2) is 92.8 Å². The Bertz CT molecular complexity index is 2420. The number of halogens is 2. The number of amides is 4. The number of imidazole rings is 2. The molecule has 2 aromatic carbocycles. The van der Waals surface area contributed by atoms with Crippen molar-refractivity contribution >= 4 is 29.7 Å². The van der Waals surface area contributed by atoms with Gasteiger partial charge in [-0.1, -0.05) is 76.9 Å². The van der Waals surface area contributed by atoms with Crippen LogP contribution >= 0.6 is 0 Å². The van der Waals surface area contributed by atoms with Crippen molar-refractivity contribution in [2.45, 2.75) is 110 Å². The zero-order chi connectivity index (χ0) is 44.8. The van der Waals surface area contributed by atoms with Gasteiger partial charge in [0.25, 0.3) is 11.8 Å². The number of aromatic nitrogens is 4. The summed E-state index contributed by atoms with van der Waals surface area (Å²) in [7, 11) is 2.48. The van der Waals surface area contributed by atoms with E-state index in [0.29, 0.717) is 78.4 Å². The summed E-state index contributed by atoms with van der Waals surface area (Å²) >= 11 is 0. The summed E-state index contributed by atoms with van der Waals surface area (Å²) in [6.45, 7) is 8.33. The fourth-order valence-electron chi connectivity index (χ4n) is 10.3. The molecule has 4 aliphatic rings. The Morgan fingerprint density at radius 2 is 1.38 bits per heavy atom. The van der Waals surface area contributed by atoms with Crippen molar-refractivity contribution in [3.05, 3.63) is 71.6 Å². The van der Waals surface area contributed by atoms with E-state index in [9.17, 15) is 19.2 Å². The minimum atomic E-state index is -3.07. The van der Waals surface area contributed by atoms with E-state index in [1.807, 2.05) is 44.2 Å². The number of nitrogens with one attached hydrogen (secondary N) is 3. The van der Waals surface area contributed by atoms with Crippen molar-refractivity contribution in [3.8, 4) is 33.6 Å². The SMILES string of the molecule is COC(=O)N=C(C(=O)N1CCCC1c1ncc(-c2ccc(-c3ccc(-c4cnc(C5CCCN5C(=O)C(NC(=O)OC)C(C)C)[nH]4)cc3)c3c2CC2(CCCC2)C3(F)F)[nH]1)C(C)C. The normalized spacial score (nSPS) is 20.8. The van der Waals surface area contributed by atoms with Gasteiger partial charge >= 0.3 is 12.2 Å². The molecule has 2 aliphatic heterocycles. The van der Waals surface area contributed by atoms with Gasteiger partial charge in [-0.05, 0) is 73.1 Å². The zero-order valence-corrected chi connectivity index (χ0v) is 36.7. The number of H-pyrrole nitrogens is 2. The molecule has 4 aromatic rings. The number of alkyl halides is 2. The molecule has 3 atom stereocenters. The zero-order valence-electron chi connectivity index (χ0n) is 36.7. The van der Waals surface area contributed by atoms with Crippen molar-refractivity contribution in [2.75, 3.05) is 27.3 Å². The molecule has 4 heterocycles. The third kappa shape index (κ3) is 7.90. The Hall–Kier alpha value is -5.93. The largest absolute Gasteiger partial charge is 0.453 e. The first-order valence-corrected chi connectivity index (χ1v) is 22.1. The van der Waals surface area contributed by atoms with Gasteiger partial charge in [-0.15, -0.1) is 0 Å². The van der Waals surface area contributed by atoms with E-state index in [2.05, 4.69) is 25.3 Å². The Morgan fingerprint density at radius 3 is 2.00 bits per heavy atom. The molecule has 8 rings (SSSR count). The second-order valence-electron chi connectivity index (χ2n) is 18.0. The van der Waals surface area contributed by atoms with Gasteiger partial charge in [0, 0.05) is 35.5 Å². The summed E-state index contributed by atoms with van der Waals surface area (Å²) in [5.41, 5.74) is 3.58. The van der Waals surface area contributed by atoms with Crippen LogP contribution in [-0.2, 0) is 31.4 Å². The third-order valence-corrected chi connectivity index (χ3v) is 13.6. The van der Waals surface area contributed by atoms with Crippen LogP contribution in [0.25, 0.3) is 33.6 Å². The van der Waals surface area contributed by atoms with Crippen molar-refractivity contribution in [3.63, 3.8) is 0 Å². The fraction of sp³-hybridized carbons (Fsp3) is 0.511. The number of methoxy groups -OCH3 is 2. The van der Waals surface area contributed by atoms with Crippen LogP contribution < -0.4 is 5.32 Å². The summed E-state index contributed by atoms with van der Waals surface area (Å²) in [5, 5.41) is 2.68.